The van der Waals surface area contributed by atoms with Crippen molar-refractivity contribution in [3.8, 4) is 0 Å². The number of hydrogen-bond acceptors (Lipinski definition) is 4. The second-order valence-corrected chi connectivity index (χ2v) is 3.93. The van der Waals surface area contributed by atoms with E-state index in [2.05, 4.69) is 4.98 Å². The van der Waals surface area contributed by atoms with Crippen LogP contribution < -0.4 is 11.3 Å². The Kier molecular flexibility index (Phi) is 3.01. The van der Waals surface area contributed by atoms with Crippen LogP contribution in [0.3, 0.4) is 0 Å². The molecule has 0 saturated carbocycles. The minimum Gasteiger partial charge on any atom is -0.477 e. The monoisotopic (exact) mass is 247 g/mol. The van der Waals surface area contributed by atoms with Crippen LogP contribution >= 0.6 is 0 Å². The second kappa shape index (κ2) is 4.48. The molecule has 2 rings (SSSR count). The van der Waals surface area contributed by atoms with Crippen molar-refractivity contribution in [2.45, 2.75) is 19.9 Å². The highest BCUT2D eigenvalue weighted by Gasteiger charge is 2.20. The first-order valence-electron chi connectivity index (χ1n) is 5.58. The molecule has 0 saturated heterocycles. The number of nitrogen functional groups attached to an aromatic ring is 1. The van der Waals surface area contributed by atoms with Crippen molar-refractivity contribution in [2.24, 2.45) is 0 Å². The summed E-state index contributed by atoms with van der Waals surface area (Å²) in [6, 6.07) is 3.32. The molecule has 0 radical (unpaired) electrons. The number of nitrogens with zero attached hydrogens (tertiary/aromatic N) is 2. The van der Waals surface area contributed by atoms with E-state index >= 15 is 0 Å². The number of carboxylic acid groups (broad SMARTS) is 1. The van der Waals surface area contributed by atoms with E-state index in [0.717, 1.165) is 0 Å². The summed E-state index contributed by atoms with van der Waals surface area (Å²) in [5.74, 6) is -1.31. The molecule has 0 spiro atoms. The fourth-order valence-electron chi connectivity index (χ4n) is 1.94. The largest absolute Gasteiger partial charge is 0.477 e. The molecule has 0 aliphatic heterocycles. The second-order valence-electron chi connectivity index (χ2n) is 3.93. The fraction of sp³-hybridized carbons (Fsp3) is 0.250. The van der Waals surface area contributed by atoms with Crippen molar-refractivity contribution in [1.29, 1.82) is 0 Å². The molecular weight excluding hydrogens is 234 g/mol. The molecule has 0 aliphatic rings. The van der Waals surface area contributed by atoms with Crippen molar-refractivity contribution in [1.82, 2.24) is 9.55 Å². The normalized spacial score (nSPS) is 10.7. The van der Waals surface area contributed by atoms with Gasteiger partial charge in [-0.1, -0.05) is 6.92 Å². The quantitative estimate of drug-likeness (QED) is 0.845. The van der Waals surface area contributed by atoms with Crippen molar-refractivity contribution in [2.75, 3.05) is 5.73 Å². The van der Waals surface area contributed by atoms with Gasteiger partial charge in [-0.25, -0.2) is 9.78 Å². The highest BCUT2D eigenvalue weighted by Crippen LogP contribution is 2.20. The van der Waals surface area contributed by atoms with Gasteiger partial charge in [-0.15, -0.1) is 0 Å². The molecule has 0 aliphatic carbocycles. The van der Waals surface area contributed by atoms with Gasteiger partial charge in [0.2, 0.25) is 0 Å². The van der Waals surface area contributed by atoms with Gasteiger partial charge < -0.3 is 10.8 Å². The number of aromatic nitrogens is 2. The van der Waals surface area contributed by atoms with Crippen LogP contribution in [0.5, 0.6) is 0 Å². The minimum atomic E-state index is -1.31. The van der Waals surface area contributed by atoms with Crippen LogP contribution in [0, 0.1) is 0 Å². The number of carboxylic acids is 1. The Morgan fingerprint density at radius 3 is 2.89 bits per heavy atom. The summed E-state index contributed by atoms with van der Waals surface area (Å²) >= 11 is 0. The average Bonchev–Trinajstić information content (AvgIpc) is 2.34. The fourth-order valence-corrected chi connectivity index (χ4v) is 1.94. The summed E-state index contributed by atoms with van der Waals surface area (Å²) in [5.41, 5.74) is 5.16. The van der Waals surface area contributed by atoms with Gasteiger partial charge in [0, 0.05) is 18.1 Å². The Labute approximate surface area is 103 Å². The molecule has 0 aromatic carbocycles. The number of aryl methyl sites for hydroxylation is 1. The van der Waals surface area contributed by atoms with Gasteiger partial charge >= 0.3 is 5.97 Å². The third-order valence-electron chi connectivity index (χ3n) is 2.72. The Hall–Kier alpha value is -2.37. The van der Waals surface area contributed by atoms with E-state index in [1.165, 1.54) is 4.57 Å². The van der Waals surface area contributed by atoms with Crippen LogP contribution in [0.15, 0.2) is 23.1 Å². The van der Waals surface area contributed by atoms with Gasteiger partial charge in [0.25, 0.3) is 5.56 Å². The van der Waals surface area contributed by atoms with Crippen molar-refractivity contribution < 1.29 is 9.90 Å². The number of aromatic carboxylic acids is 1. The van der Waals surface area contributed by atoms with Crippen LogP contribution in [-0.2, 0) is 6.54 Å². The van der Waals surface area contributed by atoms with Gasteiger partial charge in [-0.05, 0) is 18.6 Å². The molecule has 0 unspecified atom stereocenters. The summed E-state index contributed by atoms with van der Waals surface area (Å²) in [7, 11) is 0. The molecule has 0 atom stereocenters. The van der Waals surface area contributed by atoms with Crippen molar-refractivity contribution >= 4 is 22.7 Å². The molecular formula is C12H13N3O3. The molecule has 2 aromatic heterocycles. The lowest BCUT2D eigenvalue weighted by molar-refractivity contribution is 0.0695. The maximum Gasteiger partial charge on any atom is 0.343 e. The third-order valence-corrected chi connectivity index (χ3v) is 2.72. The Balaban J connectivity index is 2.96. The first-order valence-corrected chi connectivity index (χ1v) is 5.58. The molecule has 18 heavy (non-hydrogen) atoms. The summed E-state index contributed by atoms with van der Waals surface area (Å²) < 4.78 is 1.36. The lowest BCUT2D eigenvalue weighted by atomic mass is 10.1. The van der Waals surface area contributed by atoms with Crippen LogP contribution in [0.25, 0.3) is 11.0 Å². The summed E-state index contributed by atoms with van der Waals surface area (Å²) in [4.78, 5) is 27.3. The Morgan fingerprint density at radius 2 is 2.28 bits per heavy atom. The van der Waals surface area contributed by atoms with E-state index < -0.39 is 11.5 Å². The van der Waals surface area contributed by atoms with Gasteiger partial charge in [0.1, 0.15) is 11.2 Å². The van der Waals surface area contributed by atoms with Crippen molar-refractivity contribution in [3.63, 3.8) is 0 Å². The van der Waals surface area contributed by atoms with Crippen LogP contribution in [-0.4, -0.2) is 20.6 Å². The average molecular weight is 247 g/mol. The van der Waals surface area contributed by atoms with Crippen LogP contribution in [0.1, 0.15) is 23.7 Å². The molecule has 0 bridgehead atoms. The zero-order valence-electron chi connectivity index (χ0n) is 9.88. The molecule has 2 heterocycles. The van der Waals surface area contributed by atoms with E-state index in [1.54, 1.807) is 18.3 Å². The Bertz CT molecular complexity index is 676. The number of anilines is 1. The molecule has 2 aromatic rings. The predicted octanol–water partition coefficient (Wildman–Crippen LogP) is 1.09. The zero-order chi connectivity index (χ0) is 13.3. The number of fused-ring (bicyclic) bond motifs is 1. The SMILES string of the molecule is CCCn1c(=O)c(C(=O)O)c(N)c2cccnc21. The number of hydrogen-bond donors (Lipinski definition) is 2. The first kappa shape index (κ1) is 12.1. The maximum atomic E-state index is 12.1. The number of pyridine rings is 2. The number of rotatable bonds is 3. The van der Waals surface area contributed by atoms with Gasteiger partial charge in [0.15, 0.2) is 0 Å². The lowest BCUT2D eigenvalue weighted by Crippen LogP contribution is -2.29. The predicted molar refractivity (Wildman–Crippen MR) is 67.7 cm³/mol. The lowest BCUT2D eigenvalue weighted by Gasteiger charge is -2.12. The molecule has 94 valence electrons. The third kappa shape index (κ3) is 1.71. The summed E-state index contributed by atoms with van der Waals surface area (Å²) in [5, 5.41) is 9.57. The highest BCUT2D eigenvalue weighted by molar-refractivity contribution is 6.02. The summed E-state index contributed by atoms with van der Waals surface area (Å²) in [6.45, 7) is 2.31. The van der Waals surface area contributed by atoms with Crippen LogP contribution in [0.2, 0.25) is 0 Å². The van der Waals surface area contributed by atoms with Crippen molar-refractivity contribution in [3.05, 3.63) is 34.2 Å². The molecule has 3 N–H and O–H groups in total. The van der Waals surface area contributed by atoms with E-state index in [1.807, 2.05) is 6.92 Å². The highest BCUT2D eigenvalue weighted by atomic mass is 16.4. The number of nitrogens with two attached hydrogens (primary N) is 1. The van der Waals surface area contributed by atoms with E-state index in [0.29, 0.717) is 24.0 Å². The first-order chi connectivity index (χ1) is 8.57. The minimum absolute atomic E-state index is 0.0250. The zero-order valence-corrected chi connectivity index (χ0v) is 9.88. The van der Waals surface area contributed by atoms with E-state index in [4.69, 9.17) is 10.8 Å². The molecule has 6 heteroatoms. The molecule has 6 nitrogen and oxygen atoms in total. The topological polar surface area (TPSA) is 98.2 Å². The summed E-state index contributed by atoms with van der Waals surface area (Å²) in [6.07, 6.45) is 2.25. The molecule has 0 amide bonds. The molecule has 0 fully saturated rings. The standard InChI is InChI=1S/C12H13N3O3/c1-2-6-15-10-7(4-3-5-14-10)9(13)8(11(15)16)12(17)18/h3-5H,2,6,13H2,1H3,(H,17,18). The van der Waals surface area contributed by atoms with Gasteiger partial charge in [-0.3, -0.25) is 9.36 Å². The van der Waals surface area contributed by atoms with Crippen LogP contribution in [0.4, 0.5) is 5.69 Å². The van der Waals surface area contributed by atoms with Gasteiger partial charge in [0.05, 0.1) is 5.69 Å². The van der Waals surface area contributed by atoms with E-state index in [9.17, 15) is 9.59 Å². The Morgan fingerprint density at radius 1 is 1.56 bits per heavy atom. The van der Waals surface area contributed by atoms with E-state index in [-0.39, 0.29) is 11.3 Å². The number of carbonyl (C=O) groups is 1. The smallest absolute Gasteiger partial charge is 0.343 e. The van der Waals surface area contributed by atoms with Gasteiger partial charge in [-0.2, -0.15) is 0 Å². The maximum absolute atomic E-state index is 12.1.